The summed E-state index contributed by atoms with van der Waals surface area (Å²) in [7, 11) is 0. The molecular formula is C7H11NO5S. The molecule has 0 aromatic heterocycles. The number of rotatable bonds is 2. The predicted octanol–water partition coefficient (Wildman–Crippen LogP) is -2.30. The fourth-order valence-electron chi connectivity index (χ4n) is 1.64. The van der Waals surface area contributed by atoms with Gasteiger partial charge in [0.15, 0.2) is 12.3 Å². The second kappa shape index (κ2) is 3.59. The third-order valence-electron chi connectivity index (χ3n) is 2.34. The third kappa shape index (κ3) is 1.47. The van der Waals surface area contributed by atoms with Crippen LogP contribution in [0.5, 0.6) is 0 Å². The highest BCUT2D eigenvalue weighted by atomic mass is 32.1. The zero-order chi connectivity index (χ0) is 10.3. The number of ether oxygens (including phenoxy) is 2. The van der Waals surface area contributed by atoms with Gasteiger partial charge in [-0.15, -0.1) is 0 Å². The molecule has 2 aliphatic heterocycles. The first-order chi connectivity index (χ1) is 6.63. The Morgan fingerprint density at radius 3 is 2.86 bits per heavy atom. The minimum Gasteiger partial charge on any atom is -0.460 e. The van der Waals surface area contributed by atoms with E-state index >= 15 is 0 Å². The van der Waals surface area contributed by atoms with Crippen LogP contribution in [0.4, 0.5) is 0 Å². The van der Waals surface area contributed by atoms with Gasteiger partial charge in [-0.25, -0.2) is 0 Å². The van der Waals surface area contributed by atoms with Crippen molar-refractivity contribution in [2.45, 2.75) is 30.6 Å². The third-order valence-corrected chi connectivity index (χ3v) is 2.56. The first-order valence-corrected chi connectivity index (χ1v) is 4.64. The molecule has 6 nitrogen and oxygen atoms in total. The molecular weight excluding hydrogens is 210 g/mol. The summed E-state index contributed by atoms with van der Waals surface area (Å²) < 4.78 is 10.3. The van der Waals surface area contributed by atoms with Gasteiger partial charge in [-0.2, -0.15) is 0 Å². The molecule has 0 saturated carbocycles. The van der Waals surface area contributed by atoms with Crippen LogP contribution >= 0.6 is 12.2 Å². The van der Waals surface area contributed by atoms with Gasteiger partial charge < -0.3 is 30.1 Å². The van der Waals surface area contributed by atoms with E-state index in [0.29, 0.717) is 0 Å². The van der Waals surface area contributed by atoms with Gasteiger partial charge in [0, 0.05) is 0 Å². The molecule has 7 heteroatoms. The maximum atomic E-state index is 9.66. The summed E-state index contributed by atoms with van der Waals surface area (Å²) in [4.78, 5) is 0. The van der Waals surface area contributed by atoms with Gasteiger partial charge in [0.1, 0.15) is 18.3 Å². The lowest BCUT2D eigenvalue weighted by Gasteiger charge is -2.20. The maximum absolute atomic E-state index is 9.66. The van der Waals surface area contributed by atoms with E-state index in [4.69, 9.17) is 26.8 Å². The molecule has 0 bridgehead atoms. The second-order valence-electron chi connectivity index (χ2n) is 3.28. The van der Waals surface area contributed by atoms with Crippen molar-refractivity contribution in [3.63, 3.8) is 0 Å². The van der Waals surface area contributed by atoms with Crippen LogP contribution in [0.3, 0.4) is 0 Å². The molecule has 0 radical (unpaired) electrons. The van der Waals surface area contributed by atoms with Crippen LogP contribution in [0, 0.1) is 0 Å². The topological polar surface area (TPSA) is 91.2 Å². The monoisotopic (exact) mass is 221 g/mol. The van der Waals surface area contributed by atoms with Gasteiger partial charge >= 0.3 is 0 Å². The first kappa shape index (κ1) is 10.1. The number of nitrogens with one attached hydrogen (secondary N) is 1. The molecule has 2 fully saturated rings. The minimum atomic E-state index is -1.12. The molecule has 0 unspecified atom stereocenters. The molecule has 2 saturated heterocycles. The number of aliphatic hydroxyl groups excluding tert-OH is 3. The van der Waals surface area contributed by atoms with E-state index in [1.807, 2.05) is 0 Å². The maximum Gasteiger partial charge on any atom is 0.259 e. The van der Waals surface area contributed by atoms with Crippen LogP contribution in [0.1, 0.15) is 0 Å². The van der Waals surface area contributed by atoms with Crippen LogP contribution in [0.2, 0.25) is 0 Å². The summed E-state index contributed by atoms with van der Waals surface area (Å²) in [5, 5.41) is 30.5. The largest absolute Gasteiger partial charge is 0.460 e. The summed E-state index contributed by atoms with van der Waals surface area (Å²) in [5.74, 6) is 0. The number of thiocarbonyl (C=S) groups is 1. The van der Waals surface area contributed by atoms with Crippen molar-refractivity contribution in [3.05, 3.63) is 0 Å². The van der Waals surface area contributed by atoms with Crippen LogP contribution in [-0.2, 0) is 9.47 Å². The number of aliphatic hydroxyl groups is 3. The van der Waals surface area contributed by atoms with Crippen LogP contribution in [0.15, 0.2) is 0 Å². The summed E-state index contributed by atoms with van der Waals surface area (Å²) in [5.41, 5.74) is 0. The summed E-state index contributed by atoms with van der Waals surface area (Å²) in [6.07, 6.45) is -4.09. The molecule has 2 heterocycles. The van der Waals surface area contributed by atoms with Gasteiger partial charge in [0.05, 0.1) is 6.61 Å². The van der Waals surface area contributed by atoms with Gasteiger partial charge in [-0.05, 0) is 12.2 Å². The van der Waals surface area contributed by atoms with Gasteiger partial charge in [0.2, 0.25) is 0 Å². The molecule has 0 aromatic rings. The van der Waals surface area contributed by atoms with E-state index in [1.54, 1.807) is 0 Å². The van der Waals surface area contributed by atoms with Gasteiger partial charge in [0.25, 0.3) is 5.17 Å². The first-order valence-electron chi connectivity index (χ1n) is 4.23. The molecule has 2 rings (SSSR count). The highest BCUT2D eigenvalue weighted by Crippen LogP contribution is 2.28. The Bertz CT molecular complexity index is 250. The minimum absolute atomic E-state index is 0.177. The summed E-state index contributed by atoms with van der Waals surface area (Å²) >= 11 is 4.72. The quantitative estimate of drug-likeness (QED) is 0.390. The SMILES string of the molecule is OC[C@H](O)[C@@H]1O[C@@H]2NC(=S)O[C@@H]2[C@H]1O. The number of hydrogen-bond donors (Lipinski definition) is 4. The lowest BCUT2D eigenvalue weighted by Crippen LogP contribution is -2.41. The Labute approximate surface area is 85.4 Å². The normalized spacial score (nSPS) is 42.9. The average Bonchev–Trinajstić information content (AvgIpc) is 2.64. The van der Waals surface area contributed by atoms with Crippen LogP contribution in [0.25, 0.3) is 0 Å². The van der Waals surface area contributed by atoms with E-state index in [2.05, 4.69) is 5.32 Å². The van der Waals surface area contributed by atoms with Crippen molar-refractivity contribution in [2.75, 3.05) is 6.61 Å². The molecule has 14 heavy (non-hydrogen) atoms. The molecule has 0 aromatic carbocycles. The van der Waals surface area contributed by atoms with Crippen molar-refractivity contribution in [1.29, 1.82) is 0 Å². The lowest BCUT2D eigenvalue weighted by atomic mass is 10.1. The molecule has 80 valence electrons. The fraction of sp³-hybridized carbons (Fsp3) is 0.857. The van der Waals surface area contributed by atoms with Crippen molar-refractivity contribution in [3.8, 4) is 0 Å². The number of hydrogen-bond acceptors (Lipinski definition) is 6. The predicted molar refractivity (Wildman–Crippen MR) is 48.4 cm³/mol. The summed E-state index contributed by atoms with van der Waals surface area (Å²) in [6.45, 7) is -0.467. The Morgan fingerprint density at radius 1 is 1.57 bits per heavy atom. The van der Waals surface area contributed by atoms with Crippen molar-refractivity contribution >= 4 is 17.4 Å². The fourth-order valence-corrected chi connectivity index (χ4v) is 1.86. The average molecular weight is 221 g/mol. The number of fused-ring (bicyclic) bond motifs is 1. The Hall–Kier alpha value is -0.470. The highest BCUT2D eigenvalue weighted by Gasteiger charge is 2.51. The molecule has 4 N–H and O–H groups in total. The van der Waals surface area contributed by atoms with Crippen LogP contribution in [-0.4, -0.2) is 57.7 Å². The lowest BCUT2D eigenvalue weighted by molar-refractivity contribution is -0.0846. The molecule has 0 spiro atoms. The van der Waals surface area contributed by atoms with E-state index in [-0.39, 0.29) is 5.17 Å². The molecule has 5 atom stereocenters. The molecule has 2 aliphatic rings. The van der Waals surface area contributed by atoms with Gasteiger partial charge in [-0.3, -0.25) is 0 Å². The van der Waals surface area contributed by atoms with E-state index < -0.39 is 37.3 Å². The van der Waals surface area contributed by atoms with E-state index in [9.17, 15) is 10.2 Å². The van der Waals surface area contributed by atoms with E-state index in [1.165, 1.54) is 0 Å². The van der Waals surface area contributed by atoms with Crippen molar-refractivity contribution < 1.29 is 24.8 Å². The molecule has 0 aliphatic carbocycles. The molecule has 0 amide bonds. The standard InChI is InChI=1S/C7H11NO5S/c9-1-2(10)4-3(11)5-6(12-4)8-7(14)13-5/h2-6,9-11H,1H2,(H,8,14)/t2-,3-,4-,5+,6-/m0/s1. The zero-order valence-electron chi connectivity index (χ0n) is 7.16. The Kier molecular flexibility index (Phi) is 2.58. The van der Waals surface area contributed by atoms with Crippen LogP contribution < -0.4 is 5.32 Å². The van der Waals surface area contributed by atoms with Crippen molar-refractivity contribution in [1.82, 2.24) is 5.32 Å². The highest BCUT2D eigenvalue weighted by molar-refractivity contribution is 7.80. The van der Waals surface area contributed by atoms with E-state index in [0.717, 1.165) is 0 Å². The Balaban J connectivity index is 2.05. The van der Waals surface area contributed by atoms with Gasteiger partial charge in [-0.1, -0.05) is 0 Å². The zero-order valence-corrected chi connectivity index (χ0v) is 7.98. The summed E-state index contributed by atoms with van der Waals surface area (Å²) in [6, 6.07) is 0. The second-order valence-corrected chi connectivity index (χ2v) is 3.65. The smallest absolute Gasteiger partial charge is 0.259 e. The van der Waals surface area contributed by atoms with Crippen molar-refractivity contribution in [2.24, 2.45) is 0 Å². The Morgan fingerprint density at radius 2 is 2.29 bits per heavy atom.